The molecule has 4 aromatic rings. The molecule has 1 N–H and O–H groups in total. The van der Waals surface area contributed by atoms with Gasteiger partial charge in [0.2, 0.25) is 5.91 Å². The predicted octanol–water partition coefficient (Wildman–Crippen LogP) is 6.01. The lowest BCUT2D eigenvalue weighted by molar-refractivity contribution is -0.128. The predicted molar refractivity (Wildman–Crippen MR) is 151 cm³/mol. The quantitative estimate of drug-likeness (QED) is 0.300. The average Bonchev–Trinajstić information content (AvgIpc) is 3.17. The summed E-state index contributed by atoms with van der Waals surface area (Å²) < 4.78 is 7.21. The summed E-state index contributed by atoms with van der Waals surface area (Å²) in [6.45, 7) is 1.57. The highest BCUT2D eigenvalue weighted by Gasteiger charge is 2.69. The monoisotopic (exact) mass is 578 g/mol. The summed E-state index contributed by atoms with van der Waals surface area (Å²) in [4.78, 5) is 35.2. The second-order valence-electron chi connectivity index (χ2n) is 11.0. The van der Waals surface area contributed by atoms with Crippen LogP contribution in [0.5, 0.6) is 0 Å². The van der Waals surface area contributed by atoms with Crippen molar-refractivity contribution in [2.75, 3.05) is 19.0 Å². The van der Waals surface area contributed by atoms with Gasteiger partial charge in [0.1, 0.15) is 11.4 Å². The summed E-state index contributed by atoms with van der Waals surface area (Å²) in [5, 5.41) is 6.41. The number of esters is 1. The highest BCUT2D eigenvalue weighted by atomic mass is 35.5. The average molecular weight is 580 g/mol. The van der Waals surface area contributed by atoms with Crippen molar-refractivity contribution >= 4 is 63.1 Å². The van der Waals surface area contributed by atoms with E-state index in [1.54, 1.807) is 23.5 Å². The van der Waals surface area contributed by atoms with Gasteiger partial charge in [0.15, 0.2) is 0 Å². The van der Waals surface area contributed by atoms with Crippen LogP contribution in [-0.2, 0) is 21.6 Å². The van der Waals surface area contributed by atoms with Gasteiger partial charge in [0.25, 0.3) is 0 Å². The number of nitrogens with one attached hydrogen (secondary N) is 1. The molecule has 2 aromatic carbocycles. The Morgan fingerprint density at radius 1 is 1.18 bits per heavy atom. The summed E-state index contributed by atoms with van der Waals surface area (Å²) in [7, 11) is 1.38. The molecule has 2 fully saturated rings. The van der Waals surface area contributed by atoms with E-state index < -0.39 is 5.54 Å². The molecule has 4 atom stereocenters. The maximum absolute atomic E-state index is 14.3. The molecule has 1 saturated carbocycles. The Morgan fingerprint density at radius 2 is 2.03 bits per heavy atom. The van der Waals surface area contributed by atoms with Crippen LogP contribution in [-0.4, -0.2) is 46.0 Å². The molecule has 7 nitrogen and oxygen atoms in total. The van der Waals surface area contributed by atoms with Crippen LogP contribution in [0.2, 0.25) is 10.0 Å². The van der Waals surface area contributed by atoms with E-state index in [4.69, 9.17) is 32.9 Å². The molecule has 1 amide bonds. The van der Waals surface area contributed by atoms with Crippen molar-refractivity contribution in [2.24, 2.45) is 5.92 Å². The zero-order valence-corrected chi connectivity index (χ0v) is 23.3. The van der Waals surface area contributed by atoms with Gasteiger partial charge in [-0.3, -0.25) is 9.69 Å². The van der Waals surface area contributed by atoms with Gasteiger partial charge in [-0.1, -0.05) is 29.3 Å². The standard InChI is InChI=1S/C29H24Cl2N4O3S/c1-38-27(36)15-4-7-21-20(8-15)32-26-24-22(12-34(21)26)35(11-14-2-3-14)29(25(24)23-10-17(31)13-39-23)18-6-5-16(30)9-19(18)33-28(29)37/h4-10,13-14,22,24-25H,2-3,11-12H2,1H3,(H,33,37)/t22-,24+,25-,29+/m0/s1. The number of carbonyl (C=O) groups is 2. The number of halogens is 2. The van der Waals surface area contributed by atoms with Gasteiger partial charge < -0.3 is 14.6 Å². The highest BCUT2D eigenvalue weighted by Crippen LogP contribution is 2.65. The second kappa shape index (κ2) is 8.30. The van der Waals surface area contributed by atoms with E-state index in [0.717, 1.165) is 39.5 Å². The topological polar surface area (TPSA) is 76.5 Å². The number of rotatable bonds is 4. The van der Waals surface area contributed by atoms with Crippen LogP contribution >= 0.6 is 34.5 Å². The van der Waals surface area contributed by atoms with E-state index in [2.05, 4.69) is 14.8 Å². The first-order chi connectivity index (χ1) is 18.9. The Kier molecular flexibility index (Phi) is 5.09. The largest absolute Gasteiger partial charge is 0.465 e. The van der Waals surface area contributed by atoms with Gasteiger partial charge in [-0.05, 0) is 55.2 Å². The van der Waals surface area contributed by atoms with Gasteiger partial charge >= 0.3 is 5.97 Å². The van der Waals surface area contributed by atoms with E-state index in [9.17, 15) is 9.59 Å². The molecule has 198 valence electrons. The summed E-state index contributed by atoms with van der Waals surface area (Å²) in [5.41, 5.74) is 3.06. The maximum Gasteiger partial charge on any atom is 0.337 e. The van der Waals surface area contributed by atoms with Crippen LogP contribution in [0.15, 0.2) is 47.8 Å². The Balaban J connectivity index is 1.37. The molecule has 10 heteroatoms. The van der Waals surface area contributed by atoms with Crippen LogP contribution in [0.3, 0.4) is 0 Å². The third-order valence-corrected chi connectivity index (χ3v) is 10.6. The molecule has 4 aliphatic rings. The van der Waals surface area contributed by atoms with Crippen molar-refractivity contribution in [2.45, 2.75) is 42.8 Å². The minimum Gasteiger partial charge on any atom is -0.465 e. The van der Waals surface area contributed by atoms with Crippen molar-refractivity contribution in [3.05, 3.63) is 79.7 Å². The fourth-order valence-electron chi connectivity index (χ4n) is 7.29. The summed E-state index contributed by atoms with van der Waals surface area (Å²) in [6, 6.07) is 13.4. The fourth-order valence-corrected chi connectivity index (χ4v) is 8.76. The lowest BCUT2D eigenvalue weighted by Gasteiger charge is -2.40. The lowest BCUT2D eigenvalue weighted by Crippen LogP contribution is -2.53. The van der Waals surface area contributed by atoms with Gasteiger partial charge in [0, 0.05) is 57.5 Å². The highest BCUT2D eigenvalue weighted by molar-refractivity contribution is 7.10. The number of anilines is 1. The molecule has 39 heavy (non-hydrogen) atoms. The number of carbonyl (C=O) groups excluding carboxylic acids is 2. The molecule has 0 radical (unpaired) electrons. The van der Waals surface area contributed by atoms with Gasteiger partial charge in [-0.25, -0.2) is 9.78 Å². The molecule has 8 rings (SSSR count). The van der Waals surface area contributed by atoms with Crippen LogP contribution in [0.25, 0.3) is 11.0 Å². The molecular formula is C29H24Cl2N4O3S. The Morgan fingerprint density at radius 3 is 2.77 bits per heavy atom. The first kappa shape index (κ1) is 23.9. The fraction of sp³-hybridized carbons (Fsp3) is 0.345. The zero-order valence-electron chi connectivity index (χ0n) is 21.0. The minimum atomic E-state index is -0.896. The number of ether oxygens (including phenoxy) is 1. The first-order valence-electron chi connectivity index (χ1n) is 13.1. The third kappa shape index (κ3) is 3.23. The summed E-state index contributed by atoms with van der Waals surface area (Å²) >= 11 is 14.5. The molecule has 3 aliphatic heterocycles. The summed E-state index contributed by atoms with van der Waals surface area (Å²) in [5.74, 6) is 0.880. The second-order valence-corrected chi connectivity index (χ2v) is 12.8. The molecule has 0 unspecified atom stereocenters. The number of amides is 1. The number of imidazole rings is 1. The van der Waals surface area contributed by atoms with Crippen LogP contribution in [0.4, 0.5) is 5.69 Å². The van der Waals surface area contributed by atoms with E-state index >= 15 is 0 Å². The normalized spacial score (nSPS) is 27.2. The van der Waals surface area contributed by atoms with E-state index in [1.165, 1.54) is 20.0 Å². The molecular weight excluding hydrogens is 555 g/mol. The van der Waals surface area contributed by atoms with Crippen LogP contribution < -0.4 is 5.32 Å². The molecule has 1 aliphatic carbocycles. The van der Waals surface area contributed by atoms with E-state index in [-0.39, 0.29) is 29.8 Å². The number of fused-ring (bicyclic) bond motifs is 7. The number of nitrogens with zero attached hydrogens (tertiary/aromatic N) is 3. The number of aromatic nitrogens is 2. The summed E-state index contributed by atoms with van der Waals surface area (Å²) in [6.07, 6.45) is 2.36. The van der Waals surface area contributed by atoms with E-state index in [1.807, 2.05) is 35.7 Å². The SMILES string of the molecule is COC(=O)c1ccc2c(c1)nc1n2C[C@H]2[C@@H]1[C@H](c1cc(Cl)cs1)[C@]1(C(=O)Nc3cc(Cl)ccc31)N2CC1CC1. The number of hydrogen-bond donors (Lipinski definition) is 1. The van der Waals surface area contributed by atoms with Crippen molar-refractivity contribution in [3.63, 3.8) is 0 Å². The van der Waals surface area contributed by atoms with Crippen molar-refractivity contribution < 1.29 is 14.3 Å². The zero-order chi connectivity index (χ0) is 26.6. The molecule has 1 saturated heterocycles. The smallest absolute Gasteiger partial charge is 0.337 e. The Labute approximate surface area is 238 Å². The van der Waals surface area contributed by atoms with Crippen molar-refractivity contribution in [3.8, 4) is 0 Å². The van der Waals surface area contributed by atoms with Gasteiger partial charge in [-0.2, -0.15) is 0 Å². The molecule has 2 aromatic heterocycles. The first-order valence-corrected chi connectivity index (χ1v) is 14.7. The van der Waals surface area contributed by atoms with Crippen LogP contribution in [0.1, 0.15) is 51.3 Å². The molecule has 0 bridgehead atoms. The van der Waals surface area contributed by atoms with Gasteiger partial charge in [0.05, 0.1) is 28.7 Å². The van der Waals surface area contributed by atoms with Crippen molar-refractivity contribution in [1.82, 2.24) is 14.5 Å². The van der Waals surface area contributed by atoms with Gasteiger partial charge in [-0.15, -0.1) is 11.3 Å². The minimum absolute atomic E-state index is 0.0139. The number of thiophene rings is 1. The Hall–Kier alpha value is -2.91. The molecule has 1 spiro atoms. The Bertz CT molecular complexity index is 1710. The number of likely N-dealkylation sites (tertiary alicyclic amines) is 1. The number of hydrogen-bond acceptors (Lipinski definition) is 6. The number of benzene rings is 2. The number of methoxy groups -OCH3 is 1. The maximum atomic E-state index is 14.3. The lowest BCUT2D eigenvalue weighted by atomic mass is 9.74. The van der Waals surface area contributed by atoms with Crippen molar-refractivity contribution in [1.29, 1.82) is 0 Å². The third-order valence-electron chi connectivity index (χ3n) is 8.98. The van der Waals surface area contributed by atoms with E-state index in [0.29, 0.717) is 28.1 Å². The molecule has 5 heterocycles. The van der Waals surface area contributed by atoms with Crippen LogP contribution in [0, 0.1) is 5.92 Å².